The average molecular weight is 419 g/mol. The van der Waals surface area contributed by atoms with Gasteiger partial charge in [0, 0.05) is 24.4 Å². The lowest BCUT2D eigenvalue weighted by Crippen LogP contribution is -2.47. The van der Waals surface area contributed by atoms with Gasteiger partial charge in [-0.05, 0) is 44.0 Å². The van der Waals surface area contributed by atoms with E-state index in [2.05, 4.69) is 37.4 Å². The van der Waals surface area contributed by atoms with Crippen LogP contribution in [0.1, 0.15) is 29.2 Å². The van der Waals surface area contributed by atoms with Crippen molar-refractivity contribution in [3.05, 3.63) is 69.7 Å². The number of amides is 2. The van der Waals surface area contributed by atoms with E-state index in [0.29, 0.717) is 17.3 Å². The Morgan fingerprint density at radius 1 is 1.11 bits per heavy atom. The molecule has 0 saturated heterocycles. The molecule has 1 atom stereocenters. The van der Waals surface area contributed by atoms with E-state index in [9.17, 15) is 9.59 Å². The molecular formula is C22H27ClN2O2S. The fraction of sp³-hybridized carbons (Fsp3) is 0.364. The van der Waals surface area contributed by atoms with E-state index in [0.717, 1.165) is 11.3 Å². The van der Waals surface area contributed by atoms with Crippen LogP contribution in [-0.4, -0.2) is 35.6 Å². The number of benzene rings is 2. The van der Waals surface area contributed by atoms with Gasteiger partial charge in [0.05, 0.1) is 5.75 Å². The van der Waals surface area contributed by atoms with Crippen molar-refractivity contribution in [3.8, 4) is 0 Å². The van der Waals surface area contributed by atoms with Crippen LogP contribution in [-0.2, 0) is 21.9 Å². The normalized spacial score (nSPS) is 11.8. The standard InChI is InChI=1S/C22H27ClN2O2S/c1-15-8-16(2)10-19(9-15)13-28-14-21(26)25(17(3)22(27)24-4)12-18-6-5-7-20(23)11-18/h5-11,17H,12-14H2,1-4H3,(H,24,27)/t17-/m1/s1. The molecule has 2 rings (SSSR count). The molecule has 28 heavy (non-hydrogen) atoms. The summed E-state index contributed by atoms with van der Waals surface area (Å²) in [7, 11) is 1.58. The van der Waals surface area contributed by atoms with Crippen LogP contribution in [0, 0.1) is 13.8 Å². The van der Waals surface area contributed by atoms with E-state index < -0.39 is 6.04 Å². The van der Waals surface area contributed by atoms with Gasteiger partial charge in [-0.1, -0.05) is 53.1 Å². The molecule has 0 bridgehead atoms. The topological polar surface area (TPSA) is 49.4 Å². The summed E-state index contributed by atoms with van der Waals surface area (Å²) in [5, 5.41) is 3.24. The molecule has 0 radical (unpaired) electrons. The third kappa shape index (κ3) is 6.57. The number of thioether (sulfide) groups is 1. The molecular weight excluding hydrogens is 392 g/mol. The molecule has 0 fully saturated rings. The first kappa shape index (κ1) is 22.3. The van der Waals surface area contributed by atoms with Gasteiger partial charge in [0.1, 0.15) is 6.04 Å². The van der Waals surface area contributed by atoms with Crippen molar-refractivity contribution >= 4 is 35.2 Å². The second-order valence-electron chi connectivity index (χ2n) is 6.93. The molecule has 0 heterocycles. The Balaban J connectivity index is 2.06. The lowest BCUT2D eigenvalue weighted by molar-refractivity contribution is -0.138. The Hall–Kier alpha value is -1.98. The van der Waals surface area contributed by atoms with Gasteiger partial charge in [-0.2, -0.15) is 0 Å². The number of carbonyl (C=O) groups excluding carboxylic acids is 2. The predicted molar refractivity (Wildman–Crippen MR) is 118 cm³/mol. The highest BCUT2D eigenvalue weighted by Crippen LogP contribution is 2.19. The molecule has 0 aliphatic rings. The van der Waals surface area contributed by atoms with Crippen LogP contribution in [0.3, 0.4) is 0 Å². The van der Waals surface area contributed by atoms with Gasteiger partial charge in [0.25, 0.3) is 0 Å². The second-order valence-corrected chi connectivity index (χ2v) is 8.35. The fourth-order valence-corrected chi connectivity index (χ4v) is 4.17. The van der Waals surface area contributed by atoms with Crippen molar-refractivity contribution in [3.63, 3.8) is 0 Å². The second kappa shape index (κ2) is 10.5. The molecule has 2 aromatic rings. The van der Waals surface area contributed by atoms with E-state index in [-0.39, 0.29) is 11.8 Å². The van der Waals surface area contributed by atoms with Crippen molar-refractivity contribution in [1.29, 1.82) is 0 Å². The zero-order valence-electron chi connectivity index (χ0n) is 16.8. The summed E-state index contributed by atoms with van der Waals surface area (Å²) >= 11 is 7.63. The number of hydrogen-bond acceptors (Lipinski definition) is 3. The Bertz CT molecular complexity index is 821. The molecule has 1 N–H and O–H groups in total. The zero-order chi connectivity index (χ0) is 20.7. The minimum atomic E-state index is -0.557. The van der Waals surface area contributed by atoms with Gasteiger partial charge < -0.3 is 10.2 Å². The van der Waals surface area contributed by atoms with Crippen LogP contribution in [0.5, 0.6) is 0 Å². The molecule has 0 spiro atoms. The van der Waals surface area contributed by atoms with Crippen LogP contribution in [0.4, 0.5) is 0 Å². The average Bonchev–Trinajstić information content (AvgIpc) is 2.64. The zero-order valence-corrected chi connectivity index (χ0v) is 18.4. The Morgan fingerprint density at radius 3 is 2.39 bits per heavy atom. The Kier molecular flexibility index (Phi) is 8.39. The lowest BCUT2D eigenvalue weighted by atomic mass is 10.1. The Labute approximate surface area is 176 Å². The van der Waals surface area contributed by atoms with Crippen molar-refractivity contribution in [2.75, 3.05) is 12.8 Å². The number of carbonyl (C=O) groups is 2. The van der Waals surface area contributed by atoms with Crippen molar-refractivity contribution in [1.82, 2.24) is 10.2 Å². The molecule has 0 aliphatic carbocycles. The third-order valence-electron chi connectivity index (χ3n) is 4.43. The van der Waals surface area contributed by atoms with E-state index in [1.165, 1.54) is 16.7 Å². The summed E-state index contributed by atoms with van der Waals surface area (Å²) < 4.78 is 0. The van der Waals surface area contributed by atoms with Crippen LogP contribution < -0.4 is 5.32 Å². The van der Waals surface area contributed by atoms with Crippen LogP contribution in [0.2, 0.25) is 5.02 Å². The molecule has 0 unspecified atom stereocenters. The first-order chi connectivity index (χ1) is 13.3. The van der Waals surface area contributed by atoms with Crippen molar-refractivity contribution in [2.45, 2.75) is 39.1 Å². The Morgan fingerprint density at radius 2 is 1.79 bits per heavy atom. The first-order valence-corrected chi connectivity index (χ1v) is 10.7. The fourth-order valence-electron chi connectivity index (χ4n) is 3.11. The van der Waals surface area contributed by atoms with Crippen LogP contribution in [0.25, 0.3) is 0 Å². The number of hydrogen-bond donors (Lipinski definition) is 1. The number of aryl methyl sites for hydroxylation is 2. The molecule has 0 aromatic heterocycles. The van der Waals surface area contributed by atoms with E-state index in [4.69, 9.17) is 11.6 Å². The first-order valence-electron chi connectivity index (χ1n) is 9.20. The van der Waals surface area contributed by atoms with E-state index in [1.54, 1.807) is 36.7 Å². The monoisotopic (exact) mass is 418 g/mol. The van der Waals surface area contributed by atoms with Gasteiger partial charge in [-0.3, -0.25) is 9.59 Å². The van der Waals surface area contributed by atoms with Gasteiger partial charge in [-0.25, -0.2) is 0 Å². The van der Waals surface area contributed by atoms with Crippen LogP contribution in [0.15, 0.2) is 42.5 Å². The number of rotatable bonds is 8. The maximum atomic E-state index is 12.9. The van der Waals surface area contributed by atoms with E-state index >= 15 is 0 Å². The lowest BCUT2D eigenvalue weighted by Gasteiger charge is -2.28. The maximum Gasteiger partial charge on any atom is 0.242 e. The molecule has 2 aromatic carbocycles. The number of likely N-dealkylation sites (N-methyl/N-ethyl adjacent to an activating group) is 1. The third-order valence-corrected chi connectivity index (χ3v) is 5.66. The van der Waals surface area contributed by atoms with Gasteiger partial charge in [0.2, 0.25) is 11.8 Å². The summed E-state index contributed by atoms with van der Waals surface area (Å²) in [6.45, 7) is 6.24. The van der Waals surface area contributed by atoms with Crippen molar-refractivity contribution < 1.29 is 9.59 Å². The molecule has 0 aliphatic heterocycles. The summed E-state index contributed by atoms with van der Waals surface area (Å²) in [5.41, 5.74) is 4.54. The van der Waals surface area contributed by atoms with Crippen molar-refractivity contribution in [2.24, 2.45) is 0 Å². The SMILES string of the molecule is CNC(=O)[C@@H](C)N(Cc1cccc(Cl)c1)C(=O)CSCc1cc(C)cc(C)c1. The largest absolute Gasteiger partial charge is 0.357 e. The van der Waals surface area contributed by atoms with Gasteiger partial charge >= 0.3 is 0 Å². The molecule has 2 amide bonds. The molecule has 150 valence electrons. The summed E-state index contributed by atoms with van der Waals surface area (Å²) in [6, 6.07) is 13.2. The van der Waals surface area contributed by atoms with Gasteiger partial charge in [0.15, 0.2) is 0 Å². The molecule has 0 saturated carbocycles. The summed E-state index contributed by atoms with van der Waals surface area (Å²) in [4.78, 5) is 26.7. The highest BCUT2D eigenvalue weighted by Gasteiger charge is 2.25. The van der Waals surface area contributed by atoms with Gasteiger partial charge in [-0.15, -0.1) is 11.8 Å². The predicted octanol–water partition coefficient (Wildman–Crippen LogP) is 4.35. The number of halogens is 1. The molecule has 4 nitrogen and oxygen atoms in total. The summed E-state index contributed by atoms with van der Waals surface area (Å²) in [5.74, 6) is 0.822. The quantitative estimate of drug-likeness (QED) is 0.693. The smallest absolute Gasteiger partial charge is 0.242 e. The minimum absolute atomic E-state index is 0.0644. The minimum Gasteiger partial charge on any atom is -0.357 e. The highest BCUT2D eigenvalue weighted by molar-refractivity contribution is 7.99. The number of nitrogens with zero attached hydrogens (tertiary/aromatic N) is 1. The molecule has 6 heteroatoms. The van der Waals surface area contributed by atoms with E-state index in [1.807, 2.05) is 18.2 Å². The maximum absolute atomic E-state index is 12.9. The summed E-state index contributed by atoms with van der Waals surface area (Å²) in [6.07, 6.45) is 0. The van der Waals surface area contributed by atoms with Crippen LogP contribution >= 0.6 is 23.4 Å². The number of nitrogens with one attached hydrogen (secondary N) is 1. The highest BCUT2D eigenvalue weighted by atomic mass is 35.5.